The third-order valence-corrected chi connectivity index (χ3v) is 4.55. The highest BCUT2D eigenvalue weighted by Gasteiger charge is 2.38. The zero-order chi connectivity index (χ0) is 15.5. The summed E-state index contributed by atoms with van der Waals surface area (Å²) in [5, 5.41) is -4.36. The first-order valence-corrected chi connectivity index (χ1v) is 8.33. The zero-order valence-electron chi connectivity index (χ0n) is 11.5. The second-order valence-electron chi connectivity index (χ2n) is 5.54. The molecule has 2 rings (SSSR count). The molecule has 9 heteroatoms. The lowest BCUT2D eigenvalue weighted by Crippen LogP contribution is -2.35. The lowest BCUT2D eigenvalue weighted by Gasteiger charge is -2.29. The topological polar surface area (TPSA) is 88.2 Å². The van der Waals surface area contributed by atoms with Crippen molar-refractivity contribution < 1.29 is 36.0 Å². The van der Waals surface area contributed by atoms with E-state index >= 15 is 0 Å². The number of epoxide rings is 1. The predicted molar refractivity (Wildman–Crippen MR) is 66.9 cm³/mol. The maximum atomic E-state index is 12.9. The van der Waals surface area contributed by atoms with Gasteiger partial charge < -0.3 is 18.8 Å². The fraction of sp³-hybridized carbons (Fsp3) is 1.00. The van der Waals surface area contributed by atoms with Crippen LogP contribution in [0, 0.1) is 5.92 Å². The first kappa shape index (κ1) is 17.0. The van der Waals surface area contributed by atoms with Gasteiger partial charge in [-0.1, -0.05) is 0 Å². The van der Waals surface area contributed by atoms with E-state index in [1.54, 1.807) is 0 Å². The van der Waals surface area contributed by atoms with Gasteiger partial charge >= 0.3 is 5.25 Å². The first-order chi connectivity index (χ1) is 9.78. The highest BCUT2D eigenvalue weighted by atomic mass is 32.2. The summed E-state index contributed by atoms with van der Waals surface area (Å²) in [4.78, 5) is 0. The second-order valence-corrected chi connectivity index (χ2v) is 7.04. The molecule has 0 amide bonds. The van der Waals surface area contributed by atoms with Gasteiger partial charge in [-0.15, -0.1) is 0 Å². The Balaban J connectivity index is 1.60. The van der Waals surface area contributed by atoms with Crippen molar-refractivity contribution in [1.29, 1.82) is 0 Å². The standard InChI is InChI=1S/C12H20F2O6S/c13-12(14,21(15,16)17)8-18-5-9-1-3-10(4-2-9)19-6-11-7-20-11/h9-11H,1-8H2,(H,15,16,17)/p-1. The molecule has 0 aromatic rings. The smallest absolute Gasteiger partial charge is 0.357 e. The van der Waals surface area contributed by atoms with E-state index in [1.807, 2.05) is 0 Å². The minimum atomic E-state index is -5.66. The summed E-state index contributed by atoms with van der Waals surface area (Å²) in [5.74, 6) is 0.0900. The molecule has 2 aliphatic rings. The second kappa shape index (κ2) is 6.82. The van der Waals surface area contributed by atoms with E-state index < -0.39 is 22.0 Å². The Morgan fingerprint density at radius 2 is 1.81 bits per heavy atom. The van der Waals surface area contributed by atoms with Gasteiger partial charge in [0.1, 0.15) is 12.7 Å². The Morgan fingerprint density at radius 1 is 1.19 bits per heavy atom. The van der Waals surface area contributed by atoms with Gasteiger partial charge in [0, 0.05) is 6.61 Å². The summed E-state index contributed by atoms with van der Waals surface area (Å²) in [6.45, 7) is -0.00270. The van der Waals surface area contributed by atoms with E-state index in [-0.39, 0.29) is 24.7 Å². The van der Waals surface area contributed by atoms with E-state index in [1.165, 1.54) is 0 Å². The van der Waals surface area contributed by atoms with Crippen LogP contribution in [0.2, 0.25) is 0 Å². The van der Waals surface area contributed by atoms with Crippen molar-refractivity contribution >= 4 is 10.1 Å². The lowest BCUT2D eigenvalue weighted by molar-refractivity contribution is -0.0436. The molecule has 0 bridgehead atoms. The van der Waals surface area contributed by atoms with Crippen LogP contribution in [-0.4, -0.2) is 56.9 Å². The average Bonchev–Trinajstić information content (AvgIpc) is 3.20. The number of rotatable bonds is 8. The molecule has 1 aliphatic carbocycles. The van der Waals surface area contributed by atoms with Crippen LogP contribution in [0.3, 0.4) is 0 Å². The number of hydrogen-bond acceptors (Lipinski definition) is 6. The van der Waals surface area contributed by atoms with Crippen LogP contribution < -0.4 is 0 Å². The maximum absolute atomic E-state index is 12.9. The van der Waals surface area contributed by atoms with Crippen molar-refractivity contribution in [3.63, 3.8) is 0 Å². The molecule has 1 aliphatic heterocycles. The molecule has 1 atom stereocenters. The number of ether oxygens (including phenoxy) is 3. The monoisotopic (exact) mass is 329 g/mol. The molecule has 0 radical (unpaired) electrons. The van der Waals surface area contributed by atoms with Crippen LogP contribution in [0.15, 0.2) is 0 Å². The van der Waals surface area contributed by atoms with E-state index in [4.69, 9.17) is 14.2 Å². The first-order valence-electron chi connectivity index (χ1n) is 6.92. The number of halogens is 2. The predicted octanol–water partition coefficient (Wildman–Crippen LogP) is 1.12. The third-order valence-electron chi connectivity index (χ3n) is 3.70. The average molecular weight is 329 g/mol. The van der Waals surface area contributed by atoms with Crippen LogP contribution in [0.5, 0.6) is 0 Å². The van der Waals surface area contributed by atoms with Crippen LogP contribution in [-0.2, 0) is 24.3 Å². The lowest BCUT2D eigenvalue weighted by atomic mass is 9.88. The highest BCUT2D eigenvalue weighted by Crippen LogP contribution is 2.28. The molecule has 0 spiro atoms. The molecular formula is C12H19F2O6S-. The molecule has 21 heavy (non-hydrogen) atoms. The Bertz CT molecular complexity index is 429. The van der Waals surface area contributed by atoms with E-state index in [2.05, 4.69) is 0 Å². The molecule has 0 aromatic carbocycles. The van der Waals surface area contributed by atoms with Crippen LogP contribution in [0.1, 0.15) is 25.7 Å². The van der Waals surface area contributed by atoms with Crippen molar-refractivity contribution in [2.75, 3.05) is 26.4 Å². The molecule has 1 saturated heterocycles. The van der Waals surface area contributed by atoms with Crippen molar-refractivity contribution in [3.8, 4) is 0 Å². The molecule has 6 nitrogen and oxygen atoms in total. The van der Waals surface area contributed by atoms with Crippen LogP contribution in [0.4, 0.5) is 8.78 Å². The molecule has 1 unspecified atom stereocenters. The third kappa shape index (κ3) is 5.41. The maximum Gasteiger partial charge on any atom is 0.357 e. The molecule has 2 fully saturated rings. The number of hydrogen-bond donors (Lipinski definition) is 0. The molecule has 0 aromatic heterocycles. The summed E-state index contributed by atoms with van der Waals surface area (Å²) in [6.07, 6.45) is 3.56. The van der Waals surface area contributed by atoms with Crippen molar-refractivity contribution in [1.82, 2.24) is 0 Å². The molecular weight excluding hydrogens is 310 g/mol. The zero-order valence-corrected chi connectivity index (χ0v) is 12.3. The fourth-order valence-corrected chi connectivity index (χ4v) is 2.52. The number of alkyl halides is 2. The van der Waals surface area contributed by atoms with E-state index in [9.17, 15) is 21.8 Å². The summed E-state index contributed by atoms with van der Waals surface area (Å²) in [6, 6.07) is 0. The van der Waals surface area contributed by atoms with Gasteiger partial charge in [-0.2, -0.15) is 8.78 Å². The normalized spacial score (nSPS) is 30.3. The summed E-state index contributed by atoms with van der Waals surface area (Å²) in [7, 11) is -5.66. The van der Waals surface area contributed by atoms with E-state index in [0.29, 0.717) is 6.61 Å². The molecule has 1 saturated carbocycles. The summed E-state index contributed by atoms with van der Waals surface area (Å²) in [5.41, 5.74) is 0. The minimum Gasteiger partial charge on any atom is -0.743 e. The molecule has 0 N–H and O–H groups in total. The van der Waals surface area contributed by atoms with Gasteiger partial charge in [-0.05, 0) is 31.6 Å². The SMILES string of the molecule is O=S(=O)([O-])C(F)(F)COCC1CCC(OCC2CO2)CC1. The van der Waals surface area contributed by atoms with Gasteiger partial charge in [0.05, 0.1) is 19.3 Å². The Hall–Kier alpha value is -0.350. The van der Waals surface area contributed by atoms with Gasteiger partial charge in [0.15, 0.2) is 10.1 Å². The van der Waals surface area contributed by atoms with Gasteiger partial charge in [-0.25, -0.2) is 8.42 Å². The van der Waals surface area contributed by atoms with Crippen molar-refractivity contribution in [2.45, 2.75) is 43.1 Å². The Morgan fingerprint density at radius 3 is 2.33 bits per heavy atom. The summed E-state index contributed by atoms with van der Waals surface area (Å²) < 4.78 is 72.0. The molecule has 124 valence electrons. The largest absolute Gasteiger partial charge is 0.743 e. The summed E-state index contributed by atoms with van der Waals surface area (Å²) >= 11 is 0. The Kier molecular flexibility index (Phi) is 5.53. The fourth-order valence-electron chi connectivity index (χ4n) is 2.29. The highest BCUT2D eigenvalue weighted by molar-refractivity contribution is 7.86. The van der Waals surface area contributed by atoms with Gasteiger partial charge in [0.2, 0.25) is 0 Å². The Labute approximate surface area is 122 Å². The van der Waals surface area contributed by atoms with Crippen molar-refractivity contribution in [3.05, 3.63) is 0 Å². The van der Waals surface area contributed by atoms with Crippen LogP contribution in [0.25, 0.3) is 0 Å². The van der Waals surface area contributed by atoms with Crippen LogP contribution >= 0.6 is 0 Å². The van der Waals surface area contributed by atoms with Gasteiger partial charge in [0.25, 0.3) is 0 Å². The quantitative estimate of drug-likeness (QED) is 0.490. The molecule has 1 heterocycles. The minimum absolute atomic E-state index is 0.0313. The van der Waals surface area contributed by atoms with Gasteiger partial charge in [-0.3, -0.25) is 0 Å². The van der Waals surface area contributed by atoms with Crippen molar-refractivity contribution in [2.24, 2.45) is 5.92 Å². The van der Waals surface area contributed by atoms with E-state index in [0.717, 1.165) is 32.3 Å².